The maximum atomic E-state index is 12.0. The first-order chi connectivity index (χ1) is 11.4. The molecule has 0 saturated heterocycles. The molecule has 0 saturated carbocycles. The normalized spacial score (nSPS) is 21.5. The average Bonchev–Trinajstić information content (AvgIpc) is 2.55. The average molecular weight is 328 g/mol. The van der Waals surface area contributed by atoms with Gasteiger partial charge in [-0.15, -0.1) is 0 Å². The number of hydrogen-bond donors (Lipinski definition) is 4. The fourth-order valence-electron chi connectivity index (χ4n) is 3.01. The zero-order chi connectivity index (χ0) is 17.3. The summed E-state index contributed by atoms with van der Waals surface area (Å²) in [4.78, 5) is 12.0. The fraction of sp³-hybridized carbons (Fsp3) is 0.316. The van der Waals surface area contributed by atoms with Crippen molar-refractivity contribution >= 4 is 5.78 Å². The molecular weight excluding hydrogens is 308 g/mol. The van der Waals surface area contributed by atoms with E-state index in [9.17, 15) is 25.2 Å². The molecule has 0 unspecified atom stereocenters. The Bertz CT molecular complexity index is 768. The van der Waals surface area contributed by atoms with Crippen molar-refractivity contribution in [1.82, 2.24) is 0 Å². The van der Waals surface area contributed by atoms with Gasteiger partial charge in [0.25, 0.3) is 0 Å². The molecule has 2 aromatic rings. The molecule has 0 aromatic heterocycles. The van der Waals surface area contributed by atoms with Gasteiger partial charge in [0.1, 0.15) is 17.3 Å². The Balaban J connectivity index is 2.11. The minimum absolute atomic E-state index is 0.0205. The number of fused-ring (bicyclic) bond motifs is 5. The van der Waals surface area contributed by atoms with Gasteiger partial charge in [0.15, 0.2) is 0 Å². The van der Waals surface area contributed by atoms with Gasteiger partial charge < -0.3 is 20.4 Å². The second kappa shape index (κ2) is 6.63. The van der Waals surface area contributed by atoms with Gasteiger partial charge in [-0.2, -0.15) is 0 Å². The van der Waals surface area contributed by atoms with E-state index in [0.717, 1.165) is 5.56 Å². The van der Waals surface area contributed by atoms with Crippen LogP contribution in [0.1, 0.15) is 24.0 Å². The van der Waals surface area contributed by atoms with Crippen LogP contribution in [0.5, 0.6) is 11.5 Å². The van der Waals surface area contributed by atoms with Gasteiger partial charge in [-0.1, -0.05) is 12.1 Å². The number of carbonyl (C=O) groups excluding carboxylic acids is 1. The Morgan fingerprint density at radius 3 is 1.96 bits per heavy atom. The summed E-state index contributed by atoms with van der Waals surface area (Å²) >= 11 is 0. The topological polar surface area (TPSA) is 98.0 Å². The number of ketones is 1. The van der Waals surface area contributed by atoms with E-state index >= 15 is 0 Å². The molecule has 2 aromatic carbocycles. The van der Waals surface area contributed by atoms with Crippen LogP contribution in [-0.4, -0.2) is 38.4 Å². The zero-order valence-electron chi connectivity index (χ0n) is 13.1. The number of aromatic hydroxyl groups is 2. The van der Waals surface area contributed by atoms with Crippen molar-refractivity contribution in [3.8, 4) is 22.6 Å². The van der Waals surface area contributed by atoms with Crippen LogP contribution in [0, 0.1) is 0 Å². The molecule has 0 amide bonds. The van der Waals surface area contributed by atoms with Gasteiger partial charge in [0.2, 0.25) is 0 Å². The number of aryl methyl sites for hydroxylation is 1. The number of aliphatic hydroxyl groups excluding tert-OH is 2. The van der Waals surface area contributed by atoms with Gasteiger partial charge in [-0.05, 0) is 41.8 Å². The minimum atomic E-state index is -1.12. The lowest BCUT2D eigenvalue weighted by Gasteiger charge is -2.17. The van der Waals surface area contributed by atoms with Crippen molar-refractivity contribution in [2.45, 2.75) is 37.9 Å². The molecule has 1 aliphatic carbocycles. The first-order valence-electron chi connectivity index (χ1n) is 7.96. The van der Waals surface area contributed by atoms with Crippen LogP contribution in [0.25, 0.3) is 11.1 Å². The molecule has 3 rings (SSSR count). The van der Waals surface area contributed by atoms with Crippen LogP contribution in [0.4, 0.5) is 0 Å². The summed E-state index contributed by atoms with van der Waals surface area (Å²) in [7, 11) is 0. The number of phenols is 2. The number of aliphatic hydroxyl groups is 2. The molecule has 4 bridgehead atoms. The lowest BCUT2D eigenvalue weighted by atomic mass is 9.96. The van der Waals surface area contributed by atoms with E-state index in [1.165, 1.54) is 6.07 Å². The molecule has 4 N–H and O–H groups in total. The van der Waals surface area contributed by atoms with Gasteiger partial charge >= 0.3 is 0 Å². The van der Waals surface area contributed by atoms with Crippen molar-refractivity contribution in [3.05, 3.63) is 47.5 Å². The molecule has 0 fully saturated rings. The van der Waals surface area contributed by atoms with Crippen molar-refractivity contribution in [2.24, 2.45) is 0 Å². The summed E-state index contributed by atoms with van der Waals surface area (Å²) in [5.41, 5.74) is 2.49. The van der Waals surface area contributed by atoms with E-state index in [4.69, 9.17) is 0 Å². The Labute approximate surface area is 139 Å². The van der Waals surface area contributed by atoms with E-state index in [-0.39, 0.29) is 36.5 Å². The number of phenolic OH excluding ortho intramolecular Hbond substituents is 2. The molecule has 5 heteroatoms. The van der Waals surface area contributed by atoms with Crippen LogP contribution in [0.15, 0.2) is 36.4 Å². The summed E-state index contributed by atoms with van der Waals surface area (Å²) in [6, 6.07) is 9.87. The molecule has 5 nitrogen and oxygen atoms in total. The number of benzene rings is 2. The van der Waals surface area contributed by atoms with Gasteiger partial charge in [0.05, 0.1) is 12.2 Å². The van der Waals surface area contributed by atoms with Gasteiger partial charge in [0, 0.05) is 30.4 Å². The number of rotatable bonds is 0. The highest BCUT2D eigenvalue weighted by atomic mass is 16.3. The highest BCUT2D eigenvalue weighted by Crippen LogP contribution is 2.37. The smallest absolute Gasteiger partial charge is 0.135 e. The monoisotopic (exact) mass is 328 g/mol. The first kappa shape index (κ1) is 16.5. The maximum Gasteiger partial charge on any atom is 0.135 e. The summed E-state index contributed by atoms with van der Waals surface area (Å²) in [6.07, 6.45) is -1.40. The lowest BCUT2D eigenvalue weighted by Crippen LogP contribution is -2.30. The summed E-state index contributed by atoms with van der Waals surface area (Å²) < 4.78 is 0. The molecule has 0 spiro atoms. The van der Waals surface area contributed by atoms with E-state index in [0.29, 0.717) is 23.1 Å². The molecule has 0 heterocycles. The molecular formula is C19H20O5. The minimum Gasteiger partial charge on any atom is -0.507 e. The van der Waals surface area contributed by atoms with Crippen LogP contribution >= 0.6 is 0 Å². The van der Waals surface area contributed by atoms with Crippen LogP contribution < -0.4 is 0 Å². The standard InChI is InChI=1S/C19H20O5/c20-13-4-1-11-2-5-16(21)14(7-11)15-8-12(3-6-17(15)22)9-18(23)19(24)10-13/h2-3,5-8,18-19,21-24H,1,4,9-10H2/t18-,19-/m1/s1. The van der Waals surface area contributed by atoms with Crippen molar-refractivity contribution < 1.29 is 25.2 Å². The summed E-state index contributed by atoms with van der Waals surface area (Å²) in [6.45, 7) is 0. The maximum absolute atomic E-state index is 12.0. The van der Waals surface area contributed by atoms with E-state index in [1.54, 1.807) is 30.3 Å². The fourth-order valence-corrected chi connectivity index (χ4v) is 3.01. The Kier molecular flexibility index (Phi) is 4.55. The Morgan fingerprint density at radius 2 is 1.29 bits per heavy atom. The van der Waals surface area contributed by atoms with E-state index in [2.05, 4.69) is 0 Å². The second-order valence-corrected chi connectivity index (χ2v) is 6.28. The van der Waals surface area contributed by atoms with Crippen LogP contribution in [-0.2, 0) is 17.6 Å². The third-order valence-corrected chi connectivity index (χ3v) is 4.43. The van der Waals surface area contributed by atoms with E-state index in [1.807, 2.05) is 0 Å². The Morgan fingerprint density at radius 1 is 0.750 bits per heavy atom. The number of Topliss-reactive ketones (excluding diaryl/α,β-unsaturated/α-hetero) is 1. The second-order valence-electron chi connectivity index (χ2n) is 6.28. The molecule has 1 aliphatic rings. The zero-order valence-corrected chi connectivity index (χ0v) is 13.1. The number of carbonyl (C=O) groups is 1. The van der Waals surface area contributed by atoms with Crippen LogP contribution in [0.3, 0.4) is 0 Å². The quantitative estimate of drug-likeness (QED) is 0.592. The Hall–Kier alpha value is -2.37. The predicted molar refractivity (Wildman–Crippen MR) is 88.9 cm³/mol. The molecule has 126 valence electrons. The molecule has 0 radical (unpaired) electrons. The van der Waals surface area contributed by atoms with E-state index < -0.39 is 12.2 Å². The molecule has 2 atom stereocenters. The molecule has 24 heavy (non-hydrogen) atoms. The van der Waals surface area contributed by atoms with Crippen molar-refractivity contribution in [2.75, 3.05) is 0 Å². The highest BCUT2D eigenvalue weighted by Gasteiger charge is 2.22. The van der Waals surface area contributed by atoms with Gasteiger partial charge in [-0.3, -0.25) is 4.79 Å². The lowest BCUT2D eigenvalue weighted by molar-refractivity contribution is -0.122. The third kappa shape index (κ3) is 3.42. The number of hydrogen-bond acceptors (Lipinski definition) is 5. The SMILES string of the molecule is O=C1CCc2ccc(O)c(c2)-c2cc(ccc2O)C[C@@H](O)[C@H](O)C1. The van der Waals surface area contributed by atoms with Crippen molar-refractivity contribution in [1.29, 1.82) is 0 Å². The van der Waals surface area contributed by atoms with Crippen molar-refractivity contribution in [3.63, 3.8) is 0 Å². The first-order valence-corrected chi connectivity index (χ1v) is 7.96. The molecule has 0 aliphatic heterocycles. The third-order valence-electron chi connectivity index (χ3n) is 4.43. The van der Waals surface area contributed by atoms with Gasteiger partial charge in [-0.25, -0.2) is 0 Å². The predicted octanol–water partition coefficient (Wildman–Crippen LogP) is 1.93. The largest absolute Gasteiger partial charge is 0.507 e. The van der Waals surface area contributed by atoms with Crippen LogP contribution in [0.2, 0.25) is 0 Å². The summed E-state index contributed by atoms with van der Waals surface area (Å²) in [5, 5.41) is 40.4. The highest BCUT2D eigenvalue weighted by molar-refractivity contribution is 5.80. The summed E-state index contributed by atoms with van der Waals surface area (Å²) in [5.74, 6) is -0.0647.